The highest BCUT2D eigenvalue weighted by atomic mass is 16.5. The van der Waals surface area contributed by atoms with Crippen LogP contribution in [0.3, 0.4) is 0 Å². The number of aryl methyl sites for hydroxylation is 2. The number of fused-ring (bicyclic) bond motifs is 1. The van der Waals surface area contributed by atoms with Crippen LogP contribution in [0.2, 0.25) is 0 Å². The van der Waals surface area contributed by atoms with E-state index < -0.39 is 17.7 Å². The molecule has 3 aromatic rings. The van der Waals surface area contributed by atoms with Gasteiger partial charge in [-0.15, -0.1) is 0 Å². The van der Waals surface area contributed by atoms with Gasteiger partial charge >= 0.3 is 0 Å². The van der Waals surface area contributed by atoms with Crippen LogP contribution < -0.4 is 9.64 Å². The molecular formula is C27H23NO4. The smallest absolute Gasteiger partial charge is 0.300 e. The van der Waals surface area contributed by atoms with E-state index in [2.05, 4.69) is 0 Å². The van der Waals surface area contributed by atoms with E-state index in [0.717, 1.165) is 34.4 Å². The Labute approximate surface area is 186 Å². The Balaban J connectivity index is 1.71. The van der Waals surface area contributed by atoms with Gasteiger partial charge in [-0.05, 0) is 54.8 Å². The maximum Gasteiger partial charge on any atom is 0.300 e. The Morgan fingerprint density at radius 2 is 1.78 bits per heavy atom. The predicted molar refractivity (Wildman–Crippen MR) is 123 cm³/mol. The zero-order valence-electron chi connectivity index (χ0n) is 18.0. The number of anilines is 1. The average molecular weight is 425 g/mol. The third-order valence-corrected chi connectivity index (χ3v) is 6.13. The topological polar surface area (TPSA) is 66.8 Å². The van der Waals surface area contributed by atoms with Crippen molar-refractivity contribution in [3.05, 3.63) is 100 Å². The van der Waals surface area contributed by atoms with E-state index in [1.807, 2.05) is 68.4 Å². The van der Waals surface area contributed by atoms with Gasteiger partial charge in [-0.3, -0.25) is 14.5 Å². The van der Waals surface area contributed by atoms with Crippen LogP contribution in [0.15, 0.2) is 72.3 Å². The summed E-state index contributed by atoms with van der Waals surface area (Å²) >= 11 is 0. The molecule has 0 spiro atoms. The second-order valence-electron chi connectivity index (χ2n) is 8.29. The van der Waals surface area contributed by atoms with Crippen LogP contribution >= 0.6 is 0 Å². The van der Waals surface area contributed by atoms with E-state index >= 15 is 0 Å². The van der Waals surface area contributed by atoms with Crippen LogP contribution in [-0.2, 0) is 16.0 Å². The Morgan fingerprint density at radius 1 is 1.00 bits per heavy atom. The van der Waals surface area contributed by atoms with Crippen LogP contribution in [0.4, 0.5) is 5.69 Å². The first kappa shape index (κ1) is 20.1. The lowest BCUT2D eigenvalue weighted by atomic mass is 9.94. The number of benzene rings is 3. The molecule has 0 aromatic heterocycles. The van der Waals surface area contributed by atoms with Crippen molar-refractivity contribution >= 4 is 23.1 Å². The molecule has 1 amide bonds. The van der Waals surface area contributed by atoms with Crippen molar-refractivity contribution in [1.29, 1.82) is 0 Å². The summed E-state index contributed by atoms with van der Waals surface area (Å²) in [7, 11) is 0. The molecule has 2 aliphatic heterocycles. The second kappa shape index (κ2) is 7.68. The van der Waals surface area contributed by atoms with Gasteiger partial charge in [-0.2, -0.15) is 0 Å². The zero-order chi connectivity index (χ0) is 22.4. The van der Waals surface area contributed by atoms with E-state index in [9.17, 15) is 14.7 Å². The highest BCUT2D eigenvalue weighted by molar-refractivity contribution is 6.51. The molecule has 2 heterocycles. The molecule has 2 aliphatic rings. The Kier molecular flexibility index (Phi) is 4.82. The maximum atomic E-state index is 13.3. The largest absolute Gasteiger partial charge is 0.507 e. The van der Waals surface area contributed by atoms with E-state index in [-0.39, 0.29) is 11.3 Å². The number of nitrogens with zero attached hydrogens (tertiary/aromatic N) is 1. The Hall–Kier alpha value is -3.86. The van der Waals surface area contributed by atoms with Crippen molar-refractivity contribution in [2.75, 3.05) is 11.5 Å². The van der Waals surface area contributed by atoms with Crippen molar-refractivity contribution in [1.82, 2.24) is 0 Å². The van der Waals surface area contributed by atoms with Gasteiger partial charge in [-0.25, -0.2) is 0 Å². The number of ether oxygens (including phenoxy) is 1. The van der Waals surface area contributed by atoms with Crippen molar-refractivity contribution < 1.29 is 19.4 Å². The monoisotopic (exact) mass is 425 g/mol. The van der Waals surface area contributed by atoms with Gasteiger partial charge in [0.2, 0.25) is 0 Å². The number of Topliss-reactive ketones (excluding diaryl/α,β-unsaturated/α-hetero) is 1. The fourth-order valence-electron chi connectivity index (χ4n) is 4.60. The minimum Gasteiger partial charge on any atom is -0.507 e. The lowest BCUT2D eigenvalue weighted by Crippen LogP contribution is -2.30. The molecule has 160 valence electrons. The summed E-state index contributed by atoms with van der Waals surface area (Å²) in [4.78, 5) is 28.0. The molecule has 0 bridgehead atoms. The number of aliphatic hydroxyl groups excluding tert-OH is 1. The molecule has 3 aromatic carbocycles. The lowest BCUT2D eigenvalue weighted by Gasteiger charge is -2.27. The lowest BCUT2D eigenvalue weighted by molar-refractivity contribution is -0.132. The summed E-state index contributed by atoms with van der Waals surface area (Å²) in [5.74, 6) is -0.707. The summed E-state index contributed by atoms with van der Waals surface area (Å²) in [5.41, 5.74) is 4.97. The Morgan fingerprint density at radius 3 is 2.53 bits per heavy atom. The normalized spacial score (nSPS) is 19.2. The van der Waals surface area contributed by atoms with Crippen LogP contribution in [0.5, 0.6) is 5.75 Å². The first-order valence-corrected chi connectivity index (χ1v) is 10.6. The fraction of sp³-hybridized carbons (Fsp3) is 0.185. The SMILES string of the molecule is Cc1ccc(N2C(=O)C(=O)/C(=C(\O)c3ccc4c(c3)CCO4)C2c2ccccc2)c(C)c1. The number of carbonyl (C=O) groups is 2. The molecule has 5 rings (SSSR count). The number of ketones is 1. The van der Waals surface area contributed by atoms with Crippen LogP contribution in [0.25, 0.3) is 5.76 Å². The fourth-order valence-corrected chi connectivity index (χ4v) is 4.60. The number of carbonyl (C=O) groups excluding carboxylic acids is 2. The molecule has 5 nitrogen and oxygen atoms in total. The third kappa shape index (κ3) is 3.17. The summed E-state index contributed by atoms with van der Waals surface area (Å²) in [5, 5.41) is 11.3. The van der Waals surface area contributed by atoms with Gasteiger partial charge in [0.1, 0.15) is 11.5 Å². The molecule has 32 heavy (non-hydrogen) atoms. The van der Waals surface area contributed by atoms with Gasteiger partial charge < -0.3 is 9.84 Å². The number of hydrogen-bond donors (Lipinski definition) is 1. The van der Waals surface area contributed by atoms with Crippen molar-refractivity contribution in [3.63, 3.8) is 0 Å². The number of hydrogen-bond acceptors (Lipinski definition) is 4. The molecule has 1 fully saturated rings. The summed E-state index contributed by atoms with van der Waals surface area (Å²) in [6, 6.07) is 19.8. The molecule has 0 aliphatic carbocycles. The van der Waals surface area contributed by atoms with Crippen molar-refractivity contribution in [3.8, 4) is 5.75 Å². The van der Waals surface area contributed by atoms with Gasteiger partial charge in [0, 0.05) is 17.7 Å². The Bertz CT molecular complexity index is 1280. The van der Waals surface area contributed by atoms with Gasteiger partial charge in [0.25, 0.3) is 11.7 Å². The number of rotatable bonds is 3. The van der Waals surface area contributed by atoms with Crippen molar-refractivity contribution in [2.45, 2.75) is 26.3 Å². The maximum absolute atomic E-state index is 13.3. The molecule has 1 saturated heterocycles. The van der Waals surface area contributed by atoms with Crippen LogP contribution in [0.1, 0.15) is 33.9 Å². The summed E-state index contributed by atoms with van der Waals surface area (Å²) in [6.45, 7) is 4.50. The van der Waals surface area contributed by atoms with Gasteiger partial charge in [0.15, 0.2) is 0 Å². The van der Waals surface area contributed by atoms with E-state index in [0.29, 0.717) is 17.9 Å². The predicted octanol–water partition coefficient (Wildman–Crippen LogP) is 4.86. The highest BCUT2D eigenvalue weighted by Gasteiger charge is 2.47. The molecule has 0 saturated carbocycles. The van der Waals surface area contributed by atoms with Gasteiger partial charge in [0.05, 0.1) is 18.2 Å². The minimum atomic E-state index is -0.720. The first-order valence-electron chi connectivity index (χ1n) is 10.6. The first-order chi connectivity index (χ1) is 15.5. The zero-order valence-corrected chi connectivity index (χ0v) is 18.0. The molecular weight excluding hydrogens is 402 g/mol. The quantitative estimate of drug-likeness (QED) is 0.370. The standard InChI is InChI=1S/C27H23NO4/c1-16-8-10-21(17(2)14-16)28-24(18-6-4-3-5-7-18)23(26(30)27(28)31)25(29)20-9-11-22-19(15-20)12-13-32-22/h3-11,14-15,24,29H,12-13H2,1-2H3/b25-23-. The van der Waals surface area contributed by atoms with E-state index in [4.69, 9.17) is 4.74 Å². The van der Waals surface area contributed by atoms with Crippen LogP contribution in [0, 0.1) is 13.8 Å². The third-order valence-electron chi connectivity index (χ3n) is 6.13. The van der Waals surface area contributed by atoms with Gasteiger partial charge in [-0.1, -0.05) is 48.0 Å². The summed E-state index contributed by atoms with van der Waals surface area (Å²) in [6.07, 6.45) is 0.745. The summed E-state index contributed by atoms with van der Waals surface area (Å²) < 4.78 is 5.56. The van der Waals surface area contributed by atoms with E-state index in [1.54, 1.807) is 12.1 Å². The second-order valence-corrected chi connectivity index (χ2v) is 8.29. The minimum absolute atomic E-state index is 0.0973. The van der Waals surface area contributed by atoms with E-state index in [1.165, 1.54) is 4.90 Å². The molecule has 0 radical (unpaired) electrons. The van der Waals surface area contributed by atoms with Crippen molar-refractivity contribution in [2.24, 2.45) is 0 Å². The molecule has 5 heteroatoms. The number of aliphatic hydroxyl groups is 1. The molecule has 1 atom stereocenters. The van der Waals surface area contributed by atoms with Crippen LogP contribution in [-0.4, -0.2) is 23.4 Å². The molecule has 1 N–H and O–H groups in total. The highest BCUT2D eigenvalue weighted by Crippen LogP contribution is 2.43. The average Bonchev–Trinajstić information content (AvgIpc) is 3.36. The molecule has 1 unspecified atom stereocenters. The number of amides is 1.